The third kappa shape index (κ3) is 2.24. The molecule has 0 aliphatic heterocycles. The van der Waals surface area contributed by atoms with Gasteiger partial charge in [0.1, 0.15) is 4.90 Å². The molecular formula is C6H5ClINO2S. The zero-order valence-electron chi connectivity index (χ0n) is 5.79. The summed E-state index contributed by atoms with van der Waals surface area (Å²) in [6.07, 6.45) is 0. The molecule has 2 N–H and O–H groups in total. The van der Waals surface area contributed by atoms with Crippen molar-refractivity contribution < 1.29 is 8.42 Å². The van der Waals surface area contributed by atoms with Gasteiger partial charge in [0.05, 0.1) is 5.69 Å². The van der Waals surface area contributed by atoms with E-state index in [2.05, 4.69) is 0 Å². The Bertz CT molecular complexity index is 404. The average Bonchev–Trinajstić information content (AvgIpc) is 1.92. The number of nitrogens with two attached hydrogens (primary N) is 1. The zero-order valence-corrected chi connectivity index (χ0v) is 9.52. The van der Waals surface area contributed by atoms with E-state index >= 15 is 0 Å². The standard InChI is InChI=1S/C6H5ClINO2S/c7-12(10,11)6-3-4(8)1-2-5(6)9/h1-3H,9H2. The molecule has 6 heteroatoms. The van der Waals surface area contributed by atoms with Crippen molar-refractivity contribution >= 4 is 48.0 Å². The molecule has 0 aromatic heterocycles. The number of benzene rings is 1. The highest BCUT2D eigenvalue weighted by Gasteiger charge is 2.13. The van der Waals surface area contributed by atoms with Crippen molar-refractivity contribution in [2.75, 3.05) is 5.73 Å². The molecule has 12 heavy (non-hydrogen) atoms. The Morgan fingerprint density at radius 3 is 2.42 bits per heavy atom. The fourth-order valence-electron chi connectivity index (χ4n) is 0.719. The van der Waals surface area contributed by atoms with Crippen molar-refractivity contribution in [2.45, 2.75) is 4.90 Å². The zero-order chi connectivity index (χ0) is 9.35. The van der Waals surface area contributed by atoms with Gasteiger partial charge in [0, 0.05) is 14.3 Å². The molecule has 0 aliphatic carbocycles. The predicted molar refractivity (Wildman–Crippen MR) is 56.6 cm³/mol. The Morgan fingerprint density at radius 1 is 1.42 bits per heavy atom. The van der Waals surface area contributed by atoms with E-state index in [4.69, 9.17) is 16.4 Å². The first-order chi connectivity index (χ1) is 5.41. The third-order valence-electron chi connectivity index (χ3n) is 1.24. The highest BCUT2D eigenvalue weighted by molar-refractivity contribution is 14.1. The van der Waals surface area contributed by atoms with Crippen molar-refractivity contribution in [1.82, 2.24) is 0 Å². The number of anilines is 1. The van der Waals surface area contributed by atoms with Crippen LogP contribution in [0.2, 0.25) is 0 Å². The van der Waals surface area contributed by atoms with Crippen molar-refractivity contribution in [3.05, 3.63) is 21.8 Å². The predicted octanol–water partition coefficient (Wildman–Crippen LogP) is 1.80. The first kappa shape index (κ1) is 10.1. The van der Waals surface area contributed by atoms with Gasteiger partial charge in [-0.2, -0.15) is 0 Å². The monoisotopic (exact) mass is 317 g/mol. The first-order valence-corrected chi connectivity index (χ1v) is 6.30. The SMILES string of the molecule is Nc1ccc(I)cc1S(=O)(=O)Cl. The van der Waals surface area contributed by atoms with Gasteiger partial charge in [-0.15, -0.1) is 0 Å². The van der Waals surface area contributed by atoms with Gasteiger partial charge in [-0.05, 0) is 40.8 Å². The molecule has 0 unspecified atom stereocenters. The lowest BCUT2D eigenvalue weighted by atomic mass is 10.3. The fourth-order valence-corrected chi connectivity index (χ4v) is 2.44. The van der Waals surface area contributed by atoms with Crippen molar-refractivity contribution in [3.8, 4) is 0 Å². The maximum absolute atomic E-state index is 10.9. The van der Waals surface area contributed by atoms with Crippen LogP contribution in [0.5, 0.6) is 0 Å². The fraction of sp³-hybridized carbons (Fsp3) is 0. The van der Waals surface area contributed by atoms with Gasteiger partial charge in [-0.3, -0.25) is 0 Å². The summed E-state index contributed by atoms with van der Waals surface area (Å²) >= 11 is 1.98. The second-order valence-corrected chi connectivity index (χ2v) is 5.90. The van der Waals surface area contributed by atoms with Gasteiger partial charge in [0.15, 0.2) is 0 Å². The molecule has 0 spiro atoms. The molecular weight excluding hydrogens is 312 g/mol. The number of nitrogen functional groups attached to an aromatic ring is 1. The highest BCUT2D eigenvalue weighted by Crippen LogP contribution is 2.23. The molecule has 0 saturated heterocycles. The molecule has 0 radical (unpaired) electrons. The summed E-state index contributed by atoms with van der Waals surface area (Å²) in [7, 11) is 1.41. The van der Waals surface area contributed by atoms with Crippen LogP contribution in [0.15, 0.2) is 23.1 Å². The molecule has 0 bridgehead atoms. The van der Waals surface area contributed by atoms with Crippen LogP contribution in [-0.2, 0) is 9.05 Å². The van der Waals surface area contributed by atoms with Crippen LogP contribution in [-0.4, -0.2) is 8.42 Å². The van der Waals surface area contributed by atoms with Gasteiger partial charge in [0.2, 0.25) is 0 Å². The minimum atomic E-state index is -3.71. The van der Waals surface area contributed by atoms with E-state index < -0.39 is 9.05 Å². The molecule has 0 saturated carbocycles. The number of halogens is 2. The Labute approximate surface area is 88.5 Å². The number of hydrogen-bond donors (Lipinski definition) is 1. The van der Waals surface area contributed by atoms with Crippen molar-refractivity contribution in [1.29, 1.82) is 0 Å². The Kier molecular flexibility index (Phi) is 2.84. The van der Waals surface area contributed by atoms with Crippen LogP contribution in [0, 0.1) is 3.57 Å². The quantitative estimate of drug-likeness (QED) is 0.488. The van der Waals surface area contributed by atoms with Gasteiger partial charge < -0.3 is 5.73 Å². The van der Waals surface area contributed by atoms with E-state index in [-0.39, 0.29) is 10.6 Å². The van der Waals surface area contributed by atoms with Crippen molar-refractivity contribution in [2.24, 2.45) is 0 Å². The summed E-state index contributed by atoms with van der Waals surface area (Å²) in [5.74, 6) is 0. The summed E-state index contributed by atoms with van der Waals surface area (Å²) in [6.45, 7) is 0. The summed E-state index contributed by atoms with van der Waals surface area (Å²) in [5.41, 5.74) is 5.58. The number of rotatable bonds is 1. The third-order valence-corrected chi connectivity index (χ3v) is 3.29. The van der Waals surface area contributed by atoms with Crippen LogP contribution >= 0.6 is 33.3 Å². The summed E-state index contributed by atoms with van der Waals surface area (Å²) < 4.78 is 22.6. The minimum absolute atomic E-state index is 0.0314. The topological polar surface area (TPSA) is 60.2 Å². The van der Waals surface area contributed by atoms with Crippen LogP contribution in [0.3, 0.4) is 0 Å². The van der Waals surface area contributed by atoms with Gasteiger partial charge >= 0.3 is 0 Å². The number of hydrogen-bond acceptors (Lipinski definition) is 3. The van der Waals surface area contributed by atoms with E-state index in [9.17, 15) is 8.42 Å². The maximum atomic E-state index is 10.9. The van der Waals surface area contributed by atoms with Gasteiger partial charge in [-0.25, -0.2) is 8.42 Å². The molecule has 0 heterocycles. The highest BCUT2D eigenvalue weighted by atomic mass is 127. The molecule has 1 aromatic carbocycles. The first-order valence-electron chi connectivity index (χ1n) is 2.91. The molecule has 0 atom stereocenters. The van der Waals surface area contributed by atoms with E-state index in [0.29, 0.717) is 0 Å². The molecule has 0 amide bonds. The second-order valence-electron chi connectivity index (χ2n) is 2.12. The normalized spacial score (nSPS) is 11.5. The second kappa shape index (κ2) is 3.39. The van der Waals surface area contributed by atoms with E-state index in [1.165, 1.54) is 12.1 Å². The van der Waals surface area contributed by atoms with E-state index in [1.807, 2.05) is 22.6 Å². The van der Waals surface area contributed by atoms with Gasteiger partial charge in [-0.1, -0.05) is 0 Å². The Morgan fingerprint density at radius 2 is 2.00 bits per heavy atom. The lowest BCUT2D eigenvalue weighted by Crippen LogP contribution is -1.98. The lowest BCUT2D eigenvalue weighted by molar-refractivity contribution is 0.610. The largest absolute Gasteiger partial charge is 0.398 e. The average molecular weight is 318 g/mol. The maximum Gasteiger partial charge on any atom is 0.263 e. The van der Waals surface area contributed by atoms with Gasteiger partial charge in [0.25, 0.3) is 9.05 Å². The smallest absolute Gasteiger partial charge is 0.263 e. The minimum Gasteiger partial charge on any atom is -0.398 e. The summed E-state index contributed by atoms with van der Waals surface area (Å²) in [6, 6.07) is 4.65. The molecule has 3 nitrogen and oxygen atoms in total. The summed E-state index contributed by atoms with van der Waals surface area (Å²) in [4.78, 5) is -0.0314. The Balaban J connectivity index is 3.43. The lowest BCUT2D eigenvalue weighted by Gasteiger charge is -2.00. The van der Waals surface area contributed by atoms with Crippen LogP contribution in [0.25, 0.3) is 0 Å². The molecule has 0 aliphatic rings. The van der Waals surface area contributed by atoms with Crippen LogP contribution < -0.4 is 5.73 Å². The van der Waals surface area contributed by atoms with E-state index in [0.717, 1.165) is 3.57 Å². The van der Waals surface area contributed by atoms with Crippen molar-refractivity contribution in [3.63, 3.8) is 0 Å². The Hall–Kier alpha value is -0.0100. The van der Waals surface area contributed by atoms with Crippen LogP contribution in [0.1, 0.15) is 0 Å². The summed E-state index contributed by atoms with van der Waals surface area (Å²) in [5, 5.41) is 0. The molecule has 0 fully saturated rings. The van der Waals surface area contributed by atoms with Crippen LogP contribution in [0.4, 0.5) is 5.69 Å². The molecule has 1 rings (SSSR count). The molecule has 1 aromatic rings. The van der Waals surface area contributed by atoms with E-state index in [1.54, 1.807) is 6.07 Å². The molecule has 66 valence electrons.